The number of hydrogen-bond donors (Lipinski definition) is 1. The van der Waals surface area contributed by atoms with Crippen molar-refractivity contribution in [1.29, 1.82) is 0 Å². The maximum Gasteiger partial charge on any atom is 0.00104 e. The molecule has 1 N–H and O–H groups in total. The van der Waals surface area contributed by atoms with Gasteiger partial charge in [0, 0.05) is 6.04 Å². The second-order valence-corrected chi connectivity index (χ2v) is 3.98. The molecule has 0 aromatic rings. The van der Waals surface area contributed by atoms with E-state index in [1.165, 1.54) is 13.0 Å². The molecule has 1 nitrogen and oxygen atoms in total. The Balaban J connectivity index is 3.52. The van der Waals surface area contributed by atoms with E-state index in [-0.39, 0.29) is 0 Å². The largest absolute Gasteiger partial charge is 0.314 e. The van der Waals surface area contributed by atoms with Crippen molar-refractivity contribution in [2.75, 3.05) is 6.54 Å². The van der Waals surface area contributed by atoms with Gasteiger partial charge in [0.1, 0.15) is 0 Å². The Morgan fingerprint density at radius 3 is 1.91 bits per heavy atom. The van der Waals surface area contributed by atoms with Crippen LogP contribution in [0.4, 0.5) is 0 Å². The highest BCUT2D eigenvalue weighted by Crippen LogP contribution is 2.13. The average Bonchev–Trinajstić information content (AvgIpc) is 1.87. The Hall–Kier alpha value is -0.0400. The molecule has 0 rings (SSSR count). The van der Waals surface area contributed by atoms with Gasteiger partial charge in [-0.05, 0) is 18.4 Å². The molecule has 0 aromatic carbocycles. The molecule has 0 aliphatic carbocycles. The van der Waals surface area contributed by atoms with Crippen molar-refractivity contribution in [3.8, 4) is 0 Å². The lowest BCUT2D eigenvalue weighted by atomic mass is 9.93. The van der Waals surface area contributed by atoms with Crippen LogP contribution in [0, 0.1) is 11.8 Å². The Bertz CT molecular complexity index is 86.9. The molecule has 0 unspecified atom stereocenters. The second-order valence-electron chi connectivity index (χ2n) is 3.98. The Labute approximate surface area is 71.6 Å². The molecule has 0 amide bonds. The number of nitrogens with one attached hydrogen (secondary N) is 1. The molecule has 0 fully saturated rings. The summed E-state index contributed by atoms with van der Waals surface area (Å²) >= 11 is 0. The number of rotatable bonds is 5. The molecule has 0 aliphatic rings. The van der Waals surface area contributed by atoms with Gasteiger partial charge in [0.25, 0.3) is 0 Å². The van der Waals surface area contributed by atoms with Gasteiger partial charge in [-0.2, -0.15) is 0 Å². The average molecular weight is 157 g/mol. The van der Waals surface area contributed by atoms with Gasteiger partial charge in [0.2, 0.25) is 0 Å². The smallest absolute Gasteiger partial charge is 0.00104 e. The van der Waals surface area contributed by atoms with Crippen LogP contribution in [-0.2, 0) is 0 Å². The summed E-state index contributed by atoms with van der Waals surface area (Å²) in [4.78, 5) is 0. The minimum Gasteiger partial charge on any atom is -0.314 e. The predicted molar refractivity (Wildman–Crippen MR) is 51.8 cm³/mol. The fourth-order valence-electron chi connectivity index (χ4n) is 1.24. The molecule has 68 valence electrons. The summed E-state index contributed by atoms with van der Waals surface area (Å²) in [6.45, 7) is 12.4. The van der Waals surface area contributed by atoms with E-state index in [0.717, 1.165) is 11.8 Å². The molecule has 1 heteroatoms. The van der Waals surface area contributed by atoms with Crippen molar-refractivity contribution in [2.45, 2.75) is 47.1 Å². The summed E-state index contributed by atoms with van der Waals surface area (Å²) in [5, 5.41) is 3.48. The van der Waals surface area contributed by atoms with Gasteiger partial charge in [0.15, 0.2) is 0 Å². The van der Waals surface area contributed by atoms with Crippen LogP contribution in [-0.4, -0.2) is 12.6 Å². The first-order valence-electron chi connectivity index (χ1n) is 4.81. The summed E-state index contributed by atoms with van der Waals surface area (Å²) in [5.41, 5.74) is 0. The van der Waals surface area contributed by atoms with Crippen LogP contribution in [0.3, 0.4) is 0 Å². The minimum atomic E-state index is 0.628. The maximum absolute atomic E-state index is 3.48. The third-order valence-corrected chi connectivity index (χ3v) is 2.26. The minimum absolute atomic E-state index is 0.628. The third kappa shape index (κ3) is 5.25. The summed E-state index contributed by atoms with van der Waals surface area (Å²) in [6, 6.07) is 0.628. The molecule has 0 saturated heterocycles. The van der Waals surface area contributed by atoms with Crippen molar-refractivity contribution in [3.63, 3.8) is 0 Å². The van der Waals surface area contributed by atoms with Gasteiger partial charge in [-0.3, -0.25) is 0 Å². The van der Waals surface area contributed by atoms with Crippen LogP contribution in [0.15, 0.2) is 0 Å². The van der Waals surface area contributed by atoms with Crippen LogP contribution in [0.25, 0.3) is 0 Å². The summed E-state index contributed by atoms with van der Waals surface area (Å²) in [7, 11) is 0. The summed E-state index contributed by atoms with van der Waals surface area (Å²) in [5.74, 6) is 1.66. The standard InChI is InChI=1S/C10H23N/c1-6-10(8(2)3)7-11-9(4)5/h8-11H,6-7H2,1-5H3/t10-/m1/s1. The van der Waals surface area contributed by atoms with Gasteiger partial charge in [-0.1, -0.05) is 41.0 Å². The lowest BCUT2D eigenvalue weighted by Crippen LogP contribution is -2.30. The predicted octanol–water partition coefficient (Wildman–Crippen LogP) is 2.67. The van der Waals surface area contributed by atoms with E-state index in [0.29, 0.717) is 6.04 Å². The summed E-state index contributed by atoms with van der Waals surface area (Å²) in [6.07, 6.45) is 1.29. The Morgan fingerprint density at radius 2 is 1.64 bits per heavy atom. The van der Waals surface area contributed by atoms with Crippen molar-refractivity contribution in [1.82, 2.24) is 5.32 Å². The van der Waals surface area contributed by atoms with Gasteiger partial charge in [-0.15, -0.1) is 0 Å². The van der Waals surface area contributed by atoms with Crippen molar-refractivity contribution < 1.29 is 0 Å². The first-order chi connectivity index (χ1) is 5.07. The fourth-order valence-corrected chi connectivity index (χ4v) is 1.24. The van der Waals surface area contributed by atoms with E-state index in [2.05, 4.69) is 39.9 Å². The van der Waals surface area contributed by atoms with Crippen LogP contribution in [0.5, 0.6) is 0 Å². The van der Waals surface area contributed by atoms with E-state index in [1.54, 1.807) is 0 Å². The SMILES string of the molecule is CC[C@H](CNC(C)C)C(C)C. The number of hydrogen-bond acceptors (Lipinski definition) is 1. The van der Waals surface area contributed by atoms with Crippen LogP contribution < -0.4 is 5.32 Å². The molecular weight excluding hydrogens is 134 g/mol. The van der Waals surface area contributed by atoms with E-state index in [1.807, 2.05) is 0 Å². The maximum atomic E-state index is 3.48. The summed E-state index contributed by atoms with van der Waals surface area (Å²) < 4.78 is 0. The second kappa shape index (κ2) is 5.59. The van der Waals surface area contributed by atoms with Gasteiger partial charge in [-0.25, -0.2) is 0 Å². The lowest BCUT2D eigenvalue weighted by molar-refractivity contribution is 0.342. The van der Waals surface area contributed by atoms with Crippen LogP contribution >= 0.6 is 0 Å². The third-order valence-electron chi connectivity index (χ3n) is 2.26. The van der Waals surface area contributed by atoms with Gasteiger partial charge in [0.05, 0.1) is 0 Å². The molecule has 0 saturated carbocycles. The van der Waals surface area contributed by atoms with Crippen molar-refractivity contribution >= 4 is 0 Å². The first-order valence-corrected chi connectivity index (χ1v) is 4.81. The highest BCUT2D eigenvalue weighted by atomic mass is 14.9. The molecule has 0 bridgehead atoms. The molecule has 0 radical (unpaired) electrons. The fraction of sp³-hybridized carbons (Fsp3) is 1.00. The Kier molecular flexibility index (Phi) is 5.57. The molecule has 11 heavy (non-hydrogen) atoms. The quantitative estimate of drug-likeness (QED) is 0.647. The zero-order valence-electron chi connectivity index (χ0n) is 8.65. The normalized spacial score (nSPS) is 14.5. The van der Waals surface area contributed by atoms with Crippen LogP contribution in [0.1, 0.15) is 41.0 Å². The first kappa shape index (κ1) is 11.0. The van der Waals surface area contributed by atoms with Crippen molar-refractivity contribution in [3.05, 3.63) is 0 Å². The topological polar surface area (TPSA) is 12.0 Å². The van der Waals surface area contributed by atoms with Gasteiger partial charge >= 0.3 is 0 Å². The zero-order valence-corrected chi connectivity index (χ0v) is 8.65. The van der Waals surface area contributed by atoms with Gasteiger partial charge < -0.3 is 5.32 Å². The molecule has 0 aromatic heterocycles. The van der Waals surface area contributed by atoms with Crippen molar-refractivity contribution in [2.24, 2.45) is 11.8 Å². The molecule has 0 aliphatic heterocycles. The molecular formula is C10H23N. The van der Waals surface area contributed by atoms with E-state index in [9.17, 15) is 0 Å². The zero-order chi connectivity index (χ0) is 8.85. The van der Waals surface area contributed by atoms with Crippen LogP contribution in [0.2, 0.25) is 0 Å². The lowest BCUT2D eigenvalue weighted by Gasteiger charge is -2.20. The van der Waals surface area contributed by atoms with E-state index < -0.39 is 0 Å². The molecule has 1 atom stereocenters. The molecule has 0 heterocycles. The Morgan fingerprint density at radius 1 is 1.09 bits per heavy atom. The highest BCUT2D eigenvalue weighted by molar-refractivity contribution is 4.65. The molecule has 0 spiro atoms. The highest BCUT2D eigenvalue weighted by Gasteiger charge is 2.10. The van der Waals surface area contributed by atoms with E-state index in [4.69, 9.17) is 0 Å². The monoisotopic (exact) mass is 157 g/mol. The van der Waals surface area contributed by atoms with E-state index >= 15 is 0 Å².